The summed E-state index contributed by atoms with van der Waals surface area (Å²) in [5, 5.41) is 22.4. The van der Waals surface area contributed by atoms with E-state index < -0.39 is 0 Å². The van der Waals surface area contributed by atoms with E-state index in [0.29, 0.717) is 22.8 Å². The van der Waals surface area contributed by atoms with Crippen LogP contribution in [-0.4, -0.2) is 21.5 Å². The first-order valence-electron chi connectivity index (χ1n) is 11.4. The number of nitrogen functional groups attached to an aromatic ring is 2. The van der Waals surface area contributed by atoms with E-state index in [1.54, 1.807) is 73.1 Å². The Hall–Kier alpha value is -4.72. The molecule has 9 heteroatoms. The van der Waals surface area contributed by atoms with Gasteiger partial charge in [-0.15, -0.1) is 0 Å². The molecule has 0 bridgehead atoms. The van der Waals surface area contributed by atoms with Crippen LogP contribution in [0.2, 0.25) is 0 Å². The molecule has 0 aliphatic heterocycles. The van der Waals surface area contributed by atoms with Gasteiger partial charge >= 0.3 is 17.1 Å². The maximum absolute atomic E-state index is 11.2. The Bertz CT molecular complexity index is 1180. The minimum atomic E-state index is -0.233. The smallest absolute Gasteiger partial charge is 0.872 e. The maximum Gasteiger partial charge on any atom is 2.00 e. The Kier molecular flexibility index (Phi) is 17.9. The van der Waals surface area contributed by atoms with Crippen LogP contribution in [0.4, 0.5) is 11.6 Å². The van der Waals surface area contributed by atoms with Crippen molar-refractivity contribution in [2.45, 2.75) is 13.8 Å². The number of carbonyl (C=O) groups is 2. The van der Waals surface area contributed by atoms with E-state index in [0.717, 1.165) is 12.2 Å². The van der Waals surface area contributed by atoms with Gasteiger partial charge in [0.2, 0.25) is 0 Å². The van der Waals surface area contributed by atoms with E-state index in [2.05, 4.69) is 9.97 Å². The van der Waals surface area contributed by atoms with E-state index in [-0.39, 0.29) is 40.2 Å². The number of anilines is 2. The molecule has 2 aromatic carbocycles. The summed E-state index contributed by atoms with van der Waals surface area (Å²) in [6, 6.07) is 28.3. The number of nitrogens with zero attached hydrogens (tertiary/aromatic N) is 2. The second kappa shape index (κ2) is 20.3. The van der Waals surface area contributed by atoms with Gasteiger partial charge in [0, 0.05) is 12.4 Å². The molecule has 4 rings (SSSR count). The summed E-state index contributed by atoms with van der Waals surface area (Å²) in [5.41, 5.74) is 11.6. The molecule has 4 aromatic rings. The summed E-state index contributed by atoms with van der Waals surface area (Å²) in [6.45, 7) is 2.72. The summed E-state index contributed by atoms with van der Waals surface area (Å²) >= 11 is 0. The van der Waals surface area contributed by atoms with Crippen molar-refractivity contribution < 1.29 is 36.9 Å². The first kappa shape index (κ1) is 34.3. The van der Waals surface area contributed by atoms with Gasteiger partial charge in [-0.2, -0.15) is 0 Å². The Balaban J connectivity index is 0.000000504. The molecule has 0 fully saturated rings. The second-order valence-electron chi connectivity index (χ2n) is 7.48. The van der Waals surface area contributed by atoms with Gasteiger partial charge in [0.15, 0.2) is 11.6 Å². The average Bonchev–Trinajstić information content (AvgIpc) is 2.91. The quantitative estimate of drug-likeness (QED) is 0.217. The molecule has 0 aliphatic rings. The molecule has 0 saturated heterocycles. The zero-order valence-corrected chi connectivity index (χ0v) is 22.8. The zero-order valence-electron chi connectivity index (χ0n) is 21.6. The number of benzene rings is 2. The number of ketones is 2. The predicted octanol–water partition coefficient (Wildman–Crippen LogP) is 3.28. The van der Waals surface area contributed by atoms with Crippen LogP contribution in [0.3, 0.4) is 0 Å². The van der Waals surface area contributed by atoms with Gasteiger partial charge < -0.3 is 21.7 Å². The van der Waals surface area contributed by atoms with E-state index in [9.17, 15) is 19.8 Å². The molecule has 0 aliphatic carbocycles. The Morgan fingerprint density at radius 3 is 1.10 bits per heavy atom. The van der Waals surface area contributed by atoms with Gasteiger partial charge in [-0.25, -0.2) is 9.97 Å². The van der Waals surface area contributed by atoms with E-state index >= 15 is 0 Å². The molecule has 39 heavy (non-hydrogen) atoms. The minimum Gasteiger partial charge on any atom is -0.872 e. The van der Waals surface area contributed by atoms with Crippen molar-refractivity contribution >= 4 is 34.7 Å². The largest absolute Gasteiger partial charge is 2.00 e. The number of allylic oxidation sites excluding steroid dienone is 2. The third-order valence-electron chi connectivity index (χ3n) is 4.16. The molecular formula is C30H30MnN4O4. The van der Waals surface area contributed by atoms with Crippen molar-refractivity contribution in [1.29, 1.82) is 0 Å². The van der Waals surface area contributed by atoms with Gasteiger partial charge in [0.25, 0.3) is 0 Å². The molecule has 0 unspecified atom stereocenters. The number of carbonyl (C=O) groups excluding carboxylic acids is 2. The monoisotopic (exact) mass is 565 g/mol. The maximum atomic E-state index is 11.2. The van der Waals surface area contributed by atoms with Gasteiger partial charge in [0.05, 0.1) is 0 Å². The second-order valence-corrected chi connectivity index (χ2v) is 7.48. The fourth-order valence-corrected chi connectivity index (χ4v) is 2.49. The van der Waals surface area contributed by atoms with Crippen molar-refractivity contribution in [1.82, 2.24) is 9.97 Å². The number of pyridine rings is 2. The van der Waals surface area contributed by atoms with E-state index in [1.165, 1.54) is 13.8 Å². The van der Waals surface area contributed by atoms with Crippen molar-refractivity contribution in [3.63, 3.8) is 0 Å². The number of aromatic nitrogens is 2. The molecule has 8 nitrogen and oxygen atoms in total. The average molecular weight is 566 g/mol. The van der Waals surface area contributed by atoms with E-state index in [4.69, 9.17) is 11.5 Å². The van der Waals surface area contributed by atoms with Crippen LogP contribution in [0.15, 0.2) is 122 Å². The molecule has 4 N–H and O–H groups in total. The topological polar surface area (TPSA) is 158 Å². The third-order valence-corrected chi connectivity index (χ3v) is 4.16. The molecule has 0 saturated carbocycles. The predicted molar refractivity (Wildman–Crippen MR) is 147 cm³/mol. The molecule has 1 radical (unpaired) electrons. The fourth-order valence-electron chi connectivity index (χ4n) is 2.49. The number of hydrogen-bond donors (Lipinski definition) is 2. The van der Waals surface area contributed by atoms with Crippen molar-refractivity contribution in [3.05, 3.63) is 133 Å². The summed E-state index contributed by atoms with van der Waals surface area (Å²) < 4.78 is 0. The number of hydrogen-bond acceptors (Lipinski definition) is 8. The van der Waals surface area contributed by atoms with Crippen molar-refractivity contribution in [3.8, 4) is 0 Å². The number of rotatable bonds is 4. The number of nitrogens with two attached hydrogens (primary N) is 2. The van der Waals surface area contributed by atoms with Crippen molar-refractivity contribution in [2.24, 2.45) is 0 Å². The van der Waals surface area contributed by atoms with Gasteiger partial charge in [0.1, 0.15) is 11.6 Å². The van der Waals surface area contributed by atoms with Crippen LogP contribution in [0.25, 0.3) is 11.5 Å². The van der Waals surface area contributed by atoms with E-state index in [1.807, 2.05) is 36.4 Å². The molecule has 201 valence electrons. The first-order valence-corrected chi connectivity index (χ1v) is 11.4. The molecular weight excluding hydrogens is 535 g/mol. The van der Waals surface area contributed by atoms with Crippen LogP contribution < -0.4 is 21.7 Å². The SMILES string of the molecule is CC(=O)/C=C(\[O-])c1ccccc1.CC(=O)/C=C(\[O-])c1ccccc1.Nc1ccccn1.Nc1ccccn1.[Mn+2]. The summed E-state index contributed by atoms with van der Waals surface area (Å²) in [7, 11) is 0. The van der Waals surface area contributed by atoms with Crippen LogP contribution in [0.5, 0.6) is 0 Å². The summed E-state index contributed by atoms with van der Waals surface area (Å²) in [4.78, 5) is 28.6. The summed E-state index contributed by atoms with van der Waals surface area (Å²) in [6.07, 6.45) is 5.51. The normalized spacial score (nSPS) is 10.0. The molecule has 2 aromatic heterocycles. The Morgan fingerprint density at radius 2 is 0.897 bits per heavy atom. The Labute approximate surface area is 239 Å². The third kappa shape index (κ3) is 17.4. The minimum absolute atomic E-state index is 0. The van der Waals surface area contributed by atoms with Crippen LogP contribution in [-0.2, 0) is 26.7 Å². The van der Waals surface area contributed by atoms with Gasteiger partial charge in [-0.1, -0.05) is 84.3 Å². The van der Waals surface area contributed by atoms with Crippen LogP contribution in [0.1, 0.15) is 25.0 Å². The molecule has 0 atom stereocenters. The first-order chi connectivity index (χ1) is 18.2. The van der Waals surface area contributed by atoms with Crippen LogP contribution in [0, 0.1) is 0 Å². The molecule has 0 amide bonds. The molecule has 2 heterocycles. The zero-order chi connectivity index (χ0) is 28.2. The van der Waals surface area contributed by atoms with Gasteiger partial charge in [-0.3, -0.25) is 9.59 Å². The fraction of sp³-hybridized carbons (Fsp3) is 0.0667. The van der Waals surface area contributed by atoms with Gasteiger partial charge in [-0.05, 0) is 61.4 Å². The van der Waals surface area contributed by atoms with Crippen LogP contribution >= 0.6 is 0 Å². The summed E-state index contributed by atoms with van der Waals surface area (Å²) in [5.74, 6) is 0.240. The molecule has 0 spiro atoms. The Morgan fingerprint density at radius 1 is 0.590 bits per heavy atom. The standard InChI is InChI=1S/2C10H10O2.2C5H6N2.Mn/c2*1-8(11)7-10(12)9-5-3-2-4-6-9;2*6-5-3-1-2-4-7-5;/h2*2-7,12H,1H3;2*1-4H,(H2,6,7);/q;;;;+2/p-2/b2*10-7-;;;. The van der Waals surface area contributed by atoms with Crippen molar-refractivity contribution in [2.75, 3.05) is 11.5 Å².